The fourth-order valence-electron chi connectivity index (χ4n) is 8.47. The zero-order valence-corrected chi connectivity index (χ0v) is 42.5. The van der Waals surface area contributed by atoms with Crippen LogP contribution in [0.5, 0.6) is 0 Å². The third-order valence-corrected chi connectivity index (χ3v) is 13.5. The van der Waals surface area contributed by atoms with Crippen LogP contribution >= 0.6 is 7.82 Å². The molecule has 372 valence electrons. The molecule has 0 spiro atoms. The number of phosphoric ester groups is 1. The lowest BCUT2D eigenvalue weighted by Gasteiger charge is -2.20. The molecule has 3 N–H and O–H groups in total. The number of ether oxygens (including phenoxy) is 2. The van der Waals surface area contributed by atoms with Crippen molar-refractivity contribution < 1.29 is 32.8 Å². The van der Waals surface area contributed by atoms with E-state index >= 15 is 0 Å². The molecule has 0 amide bonds. The summed E-state index contributed by atoms with van der Waals surface area (Å²) in [6.07, 6.45) is 57.3. The van der Waals surface area contributed by atoms with Gasteiger partial charge in [-0.25, -0.2) is 4.57 Å². The molecule has 0 saturated heterocycles. The lowest BCUT2D eigenvalue weighted by molar-refractivity contribution is -0.154. The van der Waals surface area contributed by atoms with Crippen molar-refractivity contribution in [2.75, 3.05) is 33.0 Å². The van der Waals surface area contributed by atoms with E-state index in [0.29, 0.717) is 13.0 Å². The van der Waals surface area contributed by atoms with Crippen molar-refractivity contribution in [2.24, 2.45) is 5.73 Å². The minimum absolute atomic E-state index is 0.0898. The van der Waals surface area contributed by atoms with E-state index in [1.165, 1.54) is 244 Å². The van der Waals surface area contributed by atoms with E-state index in [4.69, 9.17) is 24.3 Å². The van der Waals surface area contributed by atoms with Crippen molar-refractivity contribution in [2.45, 2.75) is 302 Å². The van der Waals surface area contributed by atoms with Crippen LogP contribution in [0.15, 0.2) is 0 Å². The van der Waals surface area contributed by atoms with Crippen molar-refractivity contribution in [1.82, 2.24) is 0 Å². The number of esters is 1. The summed E-state index contributed by atoms with van der Waals surface area (Å²) in [7, 11) is -4.27. The summed E-state index contributed by atoms with van der Waals surface area (Å²) < 4.78 is 33.6. The van der Waals surface area contributed by atoms with E-state index in [1.54, 1.807) is 0 Å². The van der Waals surface area contributed by atoms with Crippen LogP contribution in [0, 0.1) is 0 Å². The van der Waals surface area contributed by atoms with Gasteiger partial charge in [-0.05, 0) is 12.8 Å². The first-order chi connectivity index (χ1) is 30.4. The lowest BCUT2D eigenvalue weighted by atomic mass is 10.0. The van der Waals surface area contributed by atoms with Crippen LogP contribution < -0.4 is 5.73 Å². The number of hydrogen-bond donors (Lipinski definition) is 2. The van der Waals surface area contributed by atoms with Gasteiger partial charge in [-0.2, -0.15) is 0 Å². The second kappa shape index (κ2) is 51.5. The number of phosphoric acid groups is 1. The Morgan fingerprint density at radius 3 is 1.02 bits per heavy atom. The van der Waals surface area contributed by atoms with Gasteiger partial charge < -0.3 is 20.1 Å². The number of carbonyl (C=O) groups excluding carboxylic acids is 1. The summed E-state index contributed by atoms with van der Waals surface area (Å²) in [4.78, 5) is 22.6. The zero-order valence-electron chi connectivity index (χ0n) is 41.6. The Balaban J connectivity index is 3.76. The Labute approximate surface area is 386 Å². The van der Waals surface area contributed by atoms with Crippen molar-refractivity contribution in [3.8, 4) is 0 Å². The molecule has 0 radical (unpaired) electrons. The highest BCUT2D eigenvalue weighted by Crippen LogP contribution is 2.43. The molecule has 0 rings (SSSR count). The van der Waals surface area contributed by atoms with E-state index in [0.717, 1.165) is 32.1 Å². The number of rotatable bonds is 54. The van der Waals surface area contributed by atoms with Crippen molar-refractivity contribution in [1.29, 1.82) is 0 Å². The number of hydrogen-bond acceptors (Lipinski definition) is 7. The Hall–Kier alpha value is -0.500. The van der Waals surface area contributed by atoms with Gasteiger partial charge in [-0.3, -0.25) is 13.8 Å². The van der Waals surface area contributed by atoms with E-state index in [1.807, 2.05) is 0 Å². The molecule has 0 bridgehead atoms. The van der Waals surface area contributed by atoms with Crippen molar-refractivity contribution in [3.63, 3.8) is 0 Å². The number of unbranched alkanes of at least 4 members (excludes halogenated alkanes) is 41. The third kappa shape index (κ3) is 50.5. The molecule has 0 aliphatic carbocycles. The van der Waals surface area contributed by atoms with Gasteiger partial charge >= 0.3 is 13.8 Å². The smallest absolute Gasteiger partial charge is 0.457 e. The molecule has 0 saturated carbocycles. The van der Waals surface area contributed by atoms with E-state index in [2.05, 4.69) is 13.8 Å². The SMILES string of the molecule is CCCCCCCCCCCCCCCCCCCCCCCCCCCCCCCC(=O)O[C@H](COCCCCCCCCCCCCCCCC)COP(=O)(O)OCCN. The Morgan fingerprint density at radius 1 is 0.419 bits per heavy atom. The highest BCUT2D eigenvalue weighted by molar-refractivity contribution is 7.47. The van der Waals surface area contributed by atoms with Crippen LogP contribution in [0.3, 0.4) is 0 Å². The van der Waals surface area contributed by atoms with Crippen molar-refractivity contribution >= 4 is 13.8 Å². The summed E-state index contributed by atoms with van der Waals surface area (Å²) >= 11 is 0. The quantitative estimate of drug-likeness (QED) is 0.0352. The second-order valence-electron chi connectivity index (χ2n) is 18.8. The lowest BCUT2D eigenvalue weighted by Crippen LogP contribution is -2.28. The van der Waals surface area contributed by atoms with E-state index in [9.17, 15) is 14.3 Å². The number of nitrogens with two attached hydrogens (primary N) is 1. The molecule has 0 aliphatic heterocycles. The predicted molar refractivity (Wildman–Crippen MR) is 266 cm³/mol. The zero-order chi connectivity index (χ0) is 45.1. The molecular formula is C53H108NO7P. The minimum atomic E-state index is -4.27. The number of carbonyl (C=O) groups is 1. The highest BCUT2D eigenvalue weighted by Gasteiger charge is 2.25. The largest absolute Gasteiger partial charge is 0.472 e. The van der Waals surface area contributed by atoms with Crippen LogP contribution in [0.4, 0.5) is 0 Å². The van der Waals surface area contributed by atoms with E-state index in [-0.39, 0.29) is 32.3 Å². The molecule has 0 heterocycles. The molecular weight excluding hydrogens is 794 g/mol. The molecule has 0 fully saturated rings. The topological polar surface area (TPSA) is 117 Å². The van der Waals surface area contributed by atoms with Gasteiger partial charge in [0.1, 0.15) is 6.10 Å². The molecule has 9 heteroatoms. The molecule has 1 unspecified atom stereocenters. The Kier molecular flexibility index (Phi) is 51.1. The highest BCUT2D eigenvalue weighted by atomic mass is 31.2. The molecule has 0 aromatic rings. The first kappa shape index (κ1) is 61.5. The monoisotopic (exact) mass is 902 g/mol. The fraction of sp³-hybridized carbons (Fsp3) is 0.981. The van der Waals surface area contributed by atoms with E-state index < -0.39 is 13.9 Å². The summed E-state index contributed by atoms with van der Waals surface area (Å²) in [6.45, 7) is 5.01. The first-order valence-electron chi connectivity index (χ1n) is 27.5. The van der Waals surface area contributed by atoms with Crippen LogP contribution in [0.2, 0.25) is 0 Å². The minimum Gasteiger partial charge on any atom is -0.457 e. The van der Waals surface area contributed by atoms with Gasteiger partial charge in [-0.15, -0.1) is 0 Å². The maximum Gasteiger partial charge on any atom is 0.472 e. The summed E-state index contributed by atoms with van der Waals surface area (Å²) in [6, 6.07) is 0. The van der Waals surface area contributed by atoms with Gasteiger partial charge in [0.25, 0.3) is 0 Å². The maximum atomic E-state index is 12.7. The van der Waals surface area contributed by atoms with Gasteiger partial charge in [0.2, 0.25) is 0 Å². The van der Waals surface area contributed by atoms with Gasteiger partial charge in [0, 0.05) is 19.6 Å². The Morgan fingerprint density at radius 2 is 0.710 bits per heavy atom. The fourth-order valence-corrected chi connectivity index (χ4v) is 9.24. The summed E-state index contributed by atoms with van der Waals surface area (Å²) in [5.74, 6) is -0.320. The molecule has 2 atom stereocenters. The third-order valence-electron chi connectivity index (χ3n) is 12.5. The predicted octanol–water partition coefficient (Wildman–Crippen LogP) is 17.2. The van der Waals surface area contributed by atoms with Crippen LogP contribution in [-0.4, -0.2) is 49.9 Å². The summed E-state index contributed by atoms with van der Waals surface area (Å²) in [5.41, 5.74) is 5.39. The standard InChI is InChI=1S/C53H108NO7P/c1-3-5-7-9-11-13-15-17-19-20-21-22-23-24-25-26-27-28-29-30-31-32-33-34-36-38-40-42-44-46-53(55)61-52(51-60-62(56,57)59-49-47-54)50-58-48-45-43-41-39-37-35-18-16-14-12-10-8-6-4-2/h52H,3-51,54H2,1-2H3,(H,56,57)/t52-/m1/s1. The maximum absolute atomic E-state index is 12.7. The molecule has 0 aliphatic rings. The van der Waals surface area contributed by atoms with Gasteiger partial charge in [0.15, 0.2) is 0 Å². The van der Waals surface area contributed by atoms with Gasteiger partial charge in [-0.1, -0.05) is 277 Å². The molecule has 0 aromatic carbocycles. The first-order valence-corrected chi connectivity index (χ1v) is 29.0. The van der Waals surface area contributed by atoms with Crippen LogP contribution in [0.1, 0.15) is 296 Å². The average Bonchev–Trinajstić information content (AvgIpc) is 3.26. The van der Waals surface area contributed by atoms with Crippen LogP contribution in [-0.2, 0) is 27.9 Å². The second-order valence-corrected chi connectivity index (χ2v) is 20.3. The molecule has 8 nitrogen and oxygen atoms in total. The molecule has 0 aromatic heterocycles. The summed E-state index contributed by atoms with van der Waals surface area (Å²) in [5, 5.41) is 0. The van der Waals surface area contributed by atoms with Gasteiger partial charge in [0.05, 0.1) is 19.8 Å². The van der Waals surface area contributed by atoms with Crippen LogP contribution in [0.25, 0.3) is 0 Å². The Bertz CT molecular complexity index is 924. The molecule has 62 heavy (non-hydrogen) atoms. The van der Waals surface area contributed by atoms with Crippen molar-refractivity contribution in [3.05, 3.63) is 0 Å². The normalized spacial score (nSPS) is 13.2. The average molecular weight is 902 g/mol.